The number of hydrogen-bond acceptors (Lipinski definition) is 1. The lowest BCUT2D eigenvalue weighted by Gasteiger charge is -2.08. The highest BCUT2D eigenvalue weighted by Gasteiger charge is 2.10. The van der Waals surface area contributed by atoms with Crippen LogP contribution >= 0.6 is 11.6 Å². The monoisotopic (exact) mass is 248 g/mol. The Morgan fingerprint density at radius 3 is 2.82 bits per heavy atom. The predicted molar refractivity (Wildman–Crippen MR) is 71.9 cm³/mol. The van der Waals surface area contributed by atoms with Crippen LogP contribution in [-0.2, 0) is 12.3 Å². The lowest BCUT2D eigenvalue weighted by molar-refractivity contribution is 0.771. The van der Waals surface area contributed by atoms with Crippen molar-refractivity contribution in [3.63, 3.8) is 0 Å². The largest absolute Gasteiger partial charge is 0.237 e. The van der Waals surface area contributed by atoms with Crippen molar-refractivity contribution in [3.8, 4) is 5.69 Å². The molecule has 0 atom stereocenters. The van der Waals surface area contributed by atoms with Gasteiger partial charge in [-0.05, 0) is 31.0 Å². The lowest BCUT2D eigenvalue weighted by atomic mass is 10.1. The molecule has 0 N–H and O–H groups in total. The second kappa shape index (κ2) is 5.37. The Labute approximate surface area is 107 Å². The van der Waals surface area contributed by atoms with E-state index in [-0.39, 0.29) is 0 Å². The zero-order valence-corrected chi connectivity index (χ0v) is 11.0. The average Bonchev–Trinajstić information content (AvgIpc) is 2.72. The molecule has 1 aromatic carbocycles. The van der Waals surface area contributed by atoms with Crippen LogP contribution in [0.3, 0.4) is 0 Å². The average molecular weight is 249 g/mol. The molecule has 0 fully saturated rings. The van der Waals surface area contributed by atoms with Gasteiger partial charge in [0.25, 0.3) is 0 Å². The Kier molecular flexibility index (Phi) is 3.85. The number of alkyl halides is 1. The van der Waals surface area contributed by atoms with E-state index in [1.165, 1.54) is 11.3 Å². The maximum atomic E-state index is 5.95. The molecule has 0 spiro atoms. The molecule has 0 aliphatic rings. The molecule has 1 heterocycles. The Morgan fingerprint density at radius 1 is 1.35 bits per heavy atom. The Bertz CT molecular complexity index is 503. The molecule has 3 heteroatoms. The maximum absolute atomic E-state index is 5.95. The smallest absolute Gasteiger partial charge is 0.0651 e. The van der Waals surface area contributed by atoms with Crippen LogP contribution in [0.4, 0.5) is 0 Å². The molecular formula is C14H17ClN2. The zero-order chi connectivity index (χ0) is 12.3. The number of rotatable bonds is 4. The van der Waals surface area contributed by atoms with Gasteiger partial charge in [0.15, 0.2) is 0 Å². The minimum atomic E-state index is 0.529. The molecule has 90 valence electrons. The third-order valence-corrected chi connectivity index (χ3v) is 3.12. The van der Waals surface area contributed by atoms with E-state index in [1.807, 2.05) is 10.9 Å². The van der Waals surface area contributed by atoms with Gasteiger partial charge in [-0.2, -0.15) is 5.10 Å². The fraction of sp³-hybridized carbons (Fsp3) is 0.357. The van der Waals surface area contributed by atoms with Gasteiger partial charge in [-0.25, -0.2) is 4.68 Å². The molecule has 1 aromatic heterocycles. The summed E-state index contributed by atoms with van der Waals surface area (Å²) in [6.45, 7) is 4.26. The SMILES string of the molecule is CCCc1c(CCl)cnn1-c1cccc(C)c1. The Balaban J connectivity index is 2.47. The molecule has 0 unspecified atom stereocenters. The lowest BCUT2D eigenvalue weighted by Crippen LogP contribution is -2.03. The van der Waals surface area contributed by atoms with Crippen LogP contribution in [0.5, 0.6) is 0 Å². The van der Waals surface area contributed by atoms with E-state index in [4.69, 9.17) is 11.6 Å². The van der Waals surface area contributed by atoms with Gasteiger partial charge in [0.1, 0.15) is 0 Å². The van der Waals surface area contributed by atoms with E-state index in [0.717, 1.165) is 24.1 Å². The molecule has 0 saturated carbocycles. The van der Waals surface area contributed by atoms with Gasteiger partial charge in [0.2, 0.25) is 0 Å². The highest BCUT2D eigenvalue weighted by Crippen LogP contribution is 2.19. The van der Waals surface area contributed by atoms with Gasteiger partial charge in [0, 0.05) is 11.3 Å². The molecule has 17 heavy (non-hydrogen) atoms. The summed E-state index contributed by atoms with van der Waals surface area (Å²) in [5.41, 5.74) is 4.72. The first-order valence-electron chi connectivity index (χ1n) is 5.95. The summed E-state index contributed by atoms with van der Waals surface area (Å²) >= 11 is 5.95. The second-order valence-corrected chi connectivity index (χ2v) is 4.52. The fourth-order valence-electron chi connectivity index (χ4n) is 2.00. The Morgan fingerprint density at radius 2 is 2.18 bits per heavy atom. The summed E-state index contributed by atoms with van der Waals surface area (Å²) in [5, 5.41) is 4.45. The number of aryl methyl sites for hydroxylation is 1. The summed E-state index contributed by atoms with van der Waals surface area (Å²) in [4.78, 5) is 0. The van der Waals surface area contributed by atoms with Crippen molar-refractivity contribution >= 4 is 11.6 Å². The van der Waals surface area contributed by atoms with Crippen LogP contribution in [0.2, 0.25) is 0 Å². The number of benzene rings is 1. The van der Waals surface area contributed by atoms with Crippen LogP contribution in [0.1, 0.15) is 30.2 Å². The number of nitrogens with zero attached hydrogens (tertiary/aromatic N) is 2. The zero-order valence-electron chi connectivity index (χ0n) is 10.3. The van der Waals surface area contributed by atoms with Crippen LogP contribution in [0, 0.1) is 6.92 Å². The first kappa shape index (κ1) is 12.2. The van der Waals surface area contributed by atoms with Crippen molar-refractivity contribution < 1.29 is 0 Å². The summed E-state index contributed by atoms with van der Waals surface area (Å²) in [6, 6.07) is 8.37. The van der Waals surface area contributed by atoms with E-state index in [9.17, 15) is 0 Å². The molecule has 0 aliphatic carbocycles. The first-order chi connectivity index (χ1) is 8.26. The minimum Gasteiger partial charge on any atom is -0.237 e. The van der Waals surface area contributed by atoms with Gasteiger partial charge in [-0.15, -0.1) is 11.6 Å². The van der Waals surface area contributed by atoms with Crippen LogP contribution < -0.4 is 0 Å². The summed E-state index contributed by atoms with van der Waals surface area (Å²) in [7, 11) is 0. The first-order valence-corrected chi connectivity index (χ1v) is 6.48. The molecule has 0 bridgehead atoms. The minimum absolute atomic E-state index is 0.529. The number of aromatic nitrogens is 2. The molecule has 2 rings (SSSR count). The van der Waals surface area contributed by atoms with E-state index >= 15 is 0 Å². The van der Waals surface area contributed by atoms with Crippen molar-refractivity contribution in [1.29, 1.82) is 0 Å². The predicted octanol–water partition coefficient (Wildman–Crippen LogP) is 3.87. The highest BCUT2D eigenvalue weighted by atomic mass is 35.5. The summed E-state index contributed by atoms with van der Waals surface area (Å²) < 4.78 is 2.01. The standard InChI is InChI=1S/C14H17ClN2/c1-3-5-14-12(9-15)10-16-17(14)13-7-4-6-11(2)8-13/h4,6-8,10H,3,5,9H2,1-2H3. The highest BCUT2D eigenvalue weighted by molar-refractivity contribution is 6.17. The van der Waals surface area contributed by atoms with Crippen LogP contribution in [0.25, 0.3) is 5.69 Å². The van der Waals surface area contributed by atoms with Crippen LogP contribution in [0.15, 0.2) is 30.5 Å². The summed E-state index contributed by atoms with van der Waals surface area (Å²) in [6.07, 6.45) is 3.98. The van der Waals surface area contributed by atoms with Gasteiger partial charge >= 0.3 is 0 Å². The van der Waals surface area contributed by atoms with Crippen molar-refractivity contribution in [2.24, 2.45) is 0 Å². The van der Waals surface area contributed by atoms with Gasteiger partial charge in [-0.3, -0.25) is 0 Å². The fourth-order valence-corrected chi connectivity index (χ4v) is 2.23. The molecule has 0 saturated heterocycles. The molecule has 0 radical (unpaired) electrons. The third kappa shape index (κ3) is 2.52. The van der Waals surface area contributed by atoms with Crippen molar-refractivity contribution in [3.05, 3.63) is 47.3 Å². The van der Waals surface area contributed by atoms with Gasteiger partial charge < -0.3 is 0 Å². The number of hydrogen-bond donors (Lipinski definition) is 0. The normalized spacial score (nSPS) is 10.8. The van der Waals surface area contributed by atoms with E-state index in [2.05, 4.69) is 43.2 Å². The third-order valence-electron chi connectivity index (χ3n) is 2.83. The van der Waals surface area contributed by atoms with Crippen LogP contribution in [-0.4, -0.2) is 9.78 Å². The van der Waals surface area contributed by atoms with Gasteiger partial charge in [0.05, 0.1) is 17.8 Å². The summed E-state index contributed by atoms with van der Waals surface area (Å²) in [5.74, 6) is 0.529. The molecule has 2 aromatic rings. The van der Waals surface area contributed by atoms with Crippen molar-refractivity contribution in [2.75, 3.05) is 0 Å². The van der Waals surface area contributed by atoms with E-state index in [1.54, 1.807) is 0 Å². The molecule has 0 amide bonds. The van der Waals surface area contributed by atoms with Crippen molar-refractivity contribution in [2.45, 2.75) is 32.6 Å². The van der Waals surface area contributed by atoms with E-state index in [0.29, 0.717) is 5.88 Å². The van der Waals surface area contributed by atoms with E-state index < -0.39 is 0 Å². The molecule has 2 nitrogen and oxygen atoms in total. The van der Waals surface area contributed by atoms with Gasteiger partial charge in [-0.1, -0.05) is 25.5 Å². The molecular weight excluding hydrogens is 232 g/mol. The Hall–Kier alpha value is -1.28. The quantitative estimate of drug-likeness (QED) is 0.751. The number of halogens is 1. The topological polar surface area (TPSA) is 17.8 Å². The second-order valence-electron chi connectivity index (χ2n) is 4.25. The maximum Gasteiger partial charge on any atom is 0.0651 e. The van der Waals surface area contributed by atoms with Crippen molar-refractivity contribution in [1.82, 2.24) is 9.78 Å². The molecule has 0 aliphatic heterocycles.